The molecule has 1 N–H and O–H groups in total. The lowest BCUT2D eigenvalue weighted by Gasteiger charge is -2.22. The SMILES string of the molecule is CCCCCC(NCC)c1c(C)ccc2ccccc12. The van der Waals surface area contributed by atoms with Crippen LogP contribution in [0.5, 0.6) is 0 Å². The Bertz CT molecular complexity index is 544. The maximum Gasteiger partial charge on any atom is 0.0328 e. The van der Waals surface area contributed by atoms with Gasteiger partial charge in [0.25, 0.3) is 0 Å². The van der Waals surface area contributed by atoms with E-state index in [0.717, 1.165) is 6.54 Å². The zero-order valence-electron chi connectivity index (χ0n) is 13.1. The van der Waals surface area contributed by atoms with Gasteiger partial charge in [0, 0.05) is 6.04 Å². The van der Waals surface area contributed by atoms with E-state index in [9.17, 15) is 0 Å². The third-order valence-electron chi connectivity index (χ3n) is 4.08. The summed E-state index contributed by atoms with van der Waals surface area (Å²) in [6, 6.07) is 13.7. The quantitative estimate of drug-likeness (QED) is 0.665. The minimum Gasteiger partial charge on any atom is -0.310 e. The monoisotopic (exact) mass is 269 g/mol. The van der Waals surface area contributed by atoms with E-state index in [1.807, 2.05) is 0 Å². The molecule has 1 atom stereocenters. The summed E-state index contributed by atoms with van der Waals surface area (Å²) < 4.78 is 0. The van der Waals surface area contributed by atoms with Gasteiger partial charge in [0.05, 0.1) is 0 Å². The second-order valence-corrected chi connectivity index (χ2v) is 5.62. The van der Waals surface area contributed by atoms with Crippen LogP contribution >= 0.6 is 0 Å². The average Bonchev–Trinajstić information content (AvgIpc) is 2.47. The minimum atomic E-state index is 0.484. The molecule has 20 heavy (non-hydrogen) atoms. The lowest BCUT2D eigenvalue weighted by molar-refractivity contribution is 0.487. The summed E-state index contributed by atoms with van der Waals surface area (Å²) in [5, 5.41) is 6.46. The molecule has 1 unspecified atom stereocenters. The lowest BCUT2D eigenvalue weighted by atomic mass is 9.91. The highest BCUT2D eigenvalue weighted by Crippen LogP contribution is 2.30. The molecule has 0 aliphatic heterocycles. The van der Waals surface area contributed by atoms with Gasteiger partial charge in [0.2, 0.25) is 0 Å². The third kappa shape index (κ3) is 3.40. The minimum absolute atomic E-state index is 0.484. The molecule has 0 saturated carbocycles. The molecule has 0 saturated heterocycles. The molecule has 0 heterocycles. The molecule has 0 aromatic heterocycles. The summed E-state index contributed by atoms with van der Waals surface area (Å²) in [7, 11) is 0. The summed E-state index contributed by atoms with van der Waals surface area (Å²) in [5.41, 5.74) is 2.91. The normalized spacial score (nSPS) is 12.8. The van der Waals surface area contributed by atoms with Crippen molar-refractivity contribution < 1.29 is 0 Å². The fraction of sp³-hybridized carbons (Fsp3) is 0.474. The summed E-state index contributed by atoms with van der Waals surface area (Å²) in [6.45, 7) is 7.74. The first-order valence-electron chi connectivity index (χ1n) is 7.99. The van der Waals surface area contributed by atoms with E-state index < -0.39 is 0 Å². The van der Waals surface area contributed by atoms with Gasteiger partial charge < -0.3 is 5.32 Å². The Morgan fingerprint density at radius 3 is 2.55 bits per heavy atom. The zero-order chi connectivity index (χ0) is 14.4. The van der Waals surface area contributed by atoms with Gasteiger partial charge in [0.1, 0.15) is 0 Å². The summed E-state index contributed by atoms with van der Waals surface area (Å²) in [6.07, 6.45) is 5.15. The van der Waals surface area contributed by atoms with Crippen LogP contribution in [0, 0.1) is 6.92 Å². The van der Waals surface area contributed by atoms with Gasteiger partial charge in [-0.15, -0.1) is 0 Å². The van der Waals surface area contributed by atoms with Crippen molar-refractivity contribution in [2.45, 2.75) is 52.5 Å². The topological polar surface area (TPSA) is 12.0 Å². The fourth-order valence-corrected chi connectivity index (χ4v) is 3.06. The molecule has 2 aromatic rings. The molecule has 1 heteroatoms. The summed E-state index contributed by atoms with van der Waals surface area (Å²) in [4.78, 5) is 0. The van der Waals surface area contributed by atoms with Crippen LogP contribution in [0.2, 0.25) is 0 Å². The molecule has 0 spiro atoms. The number of aryl methyl sites for hydroxylation is 1. The first-order chi connectivity index (χ1) is 9.77. The highest BCUT2D eigenvalue weighted by molar-refractivity contribution is 5.87. The van der Waals surface area contributed by atoms with Crippen LogP contribution in [0.3, 0.4) is 0 Å². The number of nitrogens with one attached hydrogen (secondary N) is 1. The van der Waals surface area contributed by atoms with E-state index in [0.29, 0.717) is 6.04 Å². The van der Waals surface area contributed by atoms with Crippen molar-refractivity contribution in [1.82, 2.24) is 5.32 Å². The van der Waals surface area contributed by atoms with Crippen molar-refractivity contribution in [3.63, 3.8) is 0 Å². The van der Waals surface area contributed by atoms with Crippen LogP contribution in [-0.4, -0.2) is 6.54 Å². The van der Waals surface area contributed by atoms with E-state index in [-0.39, 0.29) is 0 Å². The lowest BCUT2D eigenvalue weighted by Crippen LogP contribution is -2.22. The number of unbranched alkanes of at least 4 members (excludes halogenated alkanes) is 2. The summed E-state index contributed by atoms with van der Waals surface area (Å²) >= 11 is 0. The van der Waals surface area contributed by atoms with Gasteiger partial charge in [-0.3, -0.25) is 0 Å². The number of hydrogen-bond acceptors (Lipinski definition) is 1. The van der Waals surface area contributed by atoms with Gasteiger partial charge in [-0.25, -0.2) is 0 Å². The Labute approximate surface area is 123 Å². The number of fused-ring (bicyclic) bond motifs is 1. The van der Waals surface area contributed by atoms with E-state index in [1.165, 1.54) is 47.6 Å². The molecule has 0 amide bonds. The van der Waals surface area contributed by atoms with Crippen molar-refractivity contribution in [3.05, 3.63) is 47.5 Å². The molecular weight excluding hydrogens is 242 g/mol. The molecular formula is C19H27N. The first kappa shape index (κ1) is 15.1. The number of rotatable bonds is 7. The van der Waals surface area contributed by atoms with Crippen LogP contribution in [0.15, 0.2) is 36.4 Å². The van der Waals surface area contributed by atoms with Crippen molar-refractivity contribution in [2.75, 3.05) is 6.54 Å². The van der Waals surface area contributed by atoms with Gasteiger partial charge >= 0.3 is 0 Å². The average molecular weight is 269 g/mol. The zero-order valence-corrected chi connectivity index (χ0v) is 13.1. The second-order valence-electron chi connectivity index (χ2n) is 5.62. The molecule has 0 aliphatic carbocycles. The molecule has 0 aliphatic rings. The number of hydrogen-bond donors (Lipinski definition) is 1. The Morgan fingerprint density at radius 2 is 1.80 bits per heavy atom. The van der Waals surface area contributed by atoms with Crippen LogP contribution in [0.1, 0.15) is 56.7 Å². The maximum atomic E-state index is 3.69. The van der Waals surface area contributed by atoms with Crippen molar-refractivity contribution >= 4 is 10.8 Å². The first-order valence-corrected chi connectivity index (χ1v) is 7.99. The highest BCUT2D eigenvalue weighted by Gasteiger charge is 2.15. The smallest absolute Gasteiger partial charge is 0.0328 e. The molecule has 2 rings (SSSR count). The maximum absolute atomic E-state index is 3.69. The molecule has 0 bridgehead atoms. The van der Waals surface area contributed by atoms with E-state index in [2.05, 4.69) is 62.5 Å². The highest BCUT2D eigenvalue weighted by atomic mass is 14.9. The van der Waals surface area contributed by atoms with Crippen molar-refractivity contribution in [2.24, 2.45) is 0 Å². The predicted molar refractivity (Wildman–Crippen MR) is 89.2 cm³/mol. The largest absolute Gasteiger partial charge is 0.310 e. The predicted octanol–water partition coefficient (Wildman–Crippen LogP) is 5.38. The van der Waals surface area contributed by atoms with E-state index in [4.69, 9.17) is 0 Å². The Morgan fingerprint density at radius 1 is 1.00 bits per heavy atom. The van der Waals surface area contributed by atoms with Crippen LogP contribution in [-0.2, 0) is 0 Å². The van der Waals surface area contributed by atoms with E-state index >= 15 is 0 Å². The van der Waals surface area contributed by atoms with Crippen molar-refractivity contribution in [1.29, 1.82) is 0 Å². The van der Waals surface area contributed by atoms with Crippen LogP contribution < -0.4 is 5.32 Å². The van der Waals surface area contributed by atoms with Crippen LogP contribution in [0.4, 0.5) is 0 Å². The second kappa shape index (κ2) is 7.44. The number of benzene rings is 2. The third-order valence-corrected chi connectivity index (χ3v) is 4.08. The Balaban J connectivity index is 2.38. The standard InChI is InChI=1S/C19H27N/c1-4-6-7-12-18(20-5-2)19-15(3)13-14-16-10-8-9-11-17(16)19/h8-11,13-14,18,20H,4-7,12H2,1-3H3. The molecule has 1 nitrogen and oxygen atoms in total. The van der Waals surface area contributed by atoms with Crippen LogP contribution in [0.25, 0.3) is 10.8 Å². The fourth-order valence-electron chi connectivity index (χ4n) is 3.06. The molecule has 0 radical (unpaired) electrons. The van der Waals surface area contributed by atoms with E-state index in [1.54, 1.807) is 0 Å². The summed E-state index contributed by atoms with van der Waals surface area (Å²) in [5.74, 6) is 0. The van der Waals surface area contributed by atoms with Gasteiger partial charge in [0.15, 0.2) is 0 Å². The van der Waals surface area contributed by atoms with Gasteiger partial charge in [-0.05, 0) is 41.8 Å². The molecule has 0 fully saturated rings. The van der Waals surface area contributed by atoms with Gasteiger partial charge in [-0.1, -0.05) is 69.5 Å². The molecule has 108 valence electrons. The van der Waals surface area contributed by atoms with Gasteiger partial charge in [-0.2, -0.15) is 0 Å². The Hall–Kier alpha value is -1.34. The van der Waals surface area contributed by atoms with Crippen molar-refractivity contribution in [3.8, 4) is 0 Å². The molecule has 2 aromatic carbocycles. The Kier molecular flexibility index (Phi) is 5.60.